The monoisotopic (exact) mass is 294 g/mol. The number of hydrogen-bond donors (Lipinski definition) is 1. The van der Waals surface area contributed by atoms with Crippen LogP contribution in [0, 0.1) is 0 Å². The second kappa shape index (κ2) is 5.22. The van der Waals surface area contributed by atoms with E-state index in [1.54, 1.807) is 17.0 Å². The first-order chi connectivity index (χ1) is 9.24. The summed E-state index contributed by atoms with van der Waals surface area (Å²) in [6.07, 6.45) is 2.24. The number of aromatic amines is 1. The van der Waals surface area contributed by atoms with Gasteiger partial charge >= 0.3 is 0 Å². The molecule has 1 amide bonds. The summed E-state index contributed by atoms with van der Waals surface area (Å²) in [5.41, 5.74) is 0.884. The molecule has 1 aliphatic rings. The summed E-state index contributed by atoms with van der Waals surface area (Å²) in [6, 6.07) is 7.31. The first kappa shape index (κ1) is 12.5. The van der Waals surface area contributed by atoms with Crippen LogP contribution in [0.1, 0.15) is 6.42 Å². The summed E-state index contributed by atoms with van der Waals surface area (Å²) >= 11 is 7.27. The van der Waals surface area contributed by atoms with E-state index in [0.717, 1.165) is 12.1 Å². The summed E-state index contributed by atoms with van der Waals surface area (Å²) in [6.45, 7) is 0.715. The van der Waals surface area contributed by atoms with Gasteiger partial charge in [0, 0.05) is 17.3 Å². The van der Waals surface area contributed by atoms with E-state index in [1.165, 1.54) is 18.1 Å². The molecule has 0 bridgehead atoms. The molecule has 0 saturated carbocycles. The number of nitrogens with zero attached hydrogens (tertiary/aromatic N) is 3. The van der Waals surface area contributed by atoms with Gasteiger partial charge in [-0.3, -0.25) is 9.89 Å². The molecule has 19 heavy (non-hydrogen) atoms. The molecule has 1 atom stereocenters. The van der Waals surface area contributed by atoms with Gasteiger partial charge in [0.2, 0.25) is 5.91 Å². The van der Waals surface area contributed by atoms with Crippen molar-refractivity contribution < 1.29 is 4.79 Å². The Morgan fingerprint density at radius 1 is 1.37 bits per heavy atom. The average molecular weight is 295 g/mol. The Bertz CT molecular complexity index is 572. The van der Waals surface area contributed by atoms with Gasteiger partial charge in [-0.05, 0) is 30.7 Å². The molecule has 2 heterocycles. The Balaban J connectivity index is 1.73. The number of anilines is 1. The van der Waals surface area contributed by atoms with Crippen molar-refractivity contribution in [2.75, 3.05) is 11.4 Å². The topological polar surface area (TPSA) is 61.9 Å². The zero-order valence-electron chi connectivity index (χ0n) is 9.91. The average Bonchev–Trinajstić information content (AvgIpc) is 3.03. The van der Waals surface area contributed by atoms with Gasteiger partial charge in [-0.25, -0.2) is 4.98 Å². The molecule has 1 aliphatic heterocycles. The lowest BCUT2D eigenvalue weighted by molar-refractivity contribution is -0.116. The van der Waals surface area contributed by atoms with E-state index in [9.17, 15) is 4.79 Å². The van der Waals surface area contributed by atoms with Crippen LogP contribution in [0.4, 0.5) is 5.69 Å². The van der Waals surface area contributed by atoms with Crippen LogP contribution in [-0.2, 0) is 4.79 Å². The highest BCUT2D eigenvalue weighted by Crippen LogP contribution is 2.31. The fourth-order valence-electron chi connectivity index (χ4n) is 2.03. The number of benzene rings is 1. The van der Waals surface area contributed by atoms with Crippen LogP contribution >= 0.6 is 23.4 Å². The number of rotatable bonds is 3. The van der Waals surface area contributed by atoms with E-state index in [0.29, 0.717) is 16.7 Å². The second-order valence-corrected chi connectivity index (χ2v) is 5.78. The third-order valence-electron chi connectivity index (χ3n) is 2.94. The van der Waals surface area contributed by atoms with Crippen molar-refractivity contribution in [3.8, 4) is 0 Å². The molecule has 0 radical (unpaired) electrons. The van der Waals surface area contributed by atoms with Crippen molar-refractivity contribution in [2.45, 2.75) is 16.8 Å². The van der Waals surface area contributed by atoms with Gasteiger partial charge in [0.05, 0.1) is 5.25 Å². The number of halogens is 1. The molecule has 2 aromatic rings. The predicted molar refractivity (Wildman–Crippen MR) is 74.4 cm³/mol. The fourth-order valence-corrected chi connectivity index (χ4v) is 3.09. The fraction of sp³-hybridized carbons (Fsp3) is 0.250. The molecule has 1 N–H and O–H groups in total. The number of hydrogen-bond acceptors (Lipinski definition) is 4. The van der Waals surface area contributed by atoms with Crippen LogP contribution in [-0.4, -0.2) is 32.9 Å². The molecule has 1 aromatic heterocycles. The standard InChI is InChI=1S/C12H11ClN4OS/c13-8-1-3-9(4-2-8)17-6-5-10(11(17)18)19-12-14-7-15-16-12/h1-4,7,10H,5-6H2,(H,14,15,16)/t10-/m0/s1. The van der Waals surface area contributed by atoms with Gasteiger partial charge in [0.15, 0.2) is 5.16 Å². The number of H-pyrrole nitrogens is 1. The molecule has 1 fully saturated rings. The largest absolute Gasteiger partial charge is 0.311 e. The number of nitrogens with one attached hydrogen (secondary N) is 1. The van der Waals surface area contributed by atoms with E-state index >= 15 is 0 Å². The van der Waals surface area contributed by atoms with Crippen molar-refractivity contribution in [3.05, 3.63) is 35.6 Å². The van der Waals surface area contributed by atoms with E-state index in [4.69, 9.17) is 11.6 Å². The summed E-state index contributed by atoms with van der Waals surface area (Å²) in [5, 5.41) is 7.78. The first-order valence-corrected chi connectivity index (χ1v) is 7.09. The lowest BCUT2D eigenvalue weighted by Crippen LogP contribution is -2.27. The Labute approximate surface area is 119 Å². The van der Waals surface area contributed by atoms with Gasteiger partial charge < -0.3 is 4.90 Å². The van der Waals surface area contributed by atoms with Crippen molar-refractivity contribution in [1.29, 1.82) is 0 Å². The van der Waals surface area contributed by atoms with Gasteiger partial charge in [-0.1, -0.05) is 23.4 Å². The first-order valence-electron chi connectivity index (χ1n) is 5.83. The third kappa shape index (κ3) is 2.59. The molecule has 0 unspecified atom stereocenters. The number of thioether (sulfide) groups is 1. The minimum Gasteiger partial charge on any atom is -0.311 e. The summed E-state index contributed by atoms with van der Waals surface area (Å²) in [4.78, 5) is 18.1. The van der Waals surface area contributed by atoms with Crippen LogP contribution in [0.3, 0.4) is 0 Å². The molecule has 1 saturated heterocycles. The van der Waals surface area contributed by atoms with Crippen LogP contribution in [0.25, 0.3) is 0 Å². The van der Waals surface area contributed by atoms with Gasteiger partial charge in [0.25, 0.3) is 0 Å². The van der Waals surface area contributed by atoms with E-state index in [-0.39, 0.29) is 11.2 Å². The highest BCUT2D eigenvalue weighted by atomic mass is 35.5. The second-order valence-electron chi connectivity index (χ2n) is 4.15. The SMILES string of the molecule is O=C1[C@@H](Sc2ncn[nH]2)CCN1c1ccc(Cl)cc1. The van der Waals surface area contributed by atoms with Gasteiger partial charge in [-0.15, -0.1) is 0 Å². The molecule has 3 rings (SSSR count). The highest BCUT2D eigenvalue weighted by molar-refractivity contribution is 8.00. The Hall–Kier alpha value is -1.53. The Morgan fingerprint density at radius 2 is 2.16 bits per heavy atom. The smallest absolute Gasteiger partial charge is 0.240 e. The van der Waals surface area contributed by atoms with Gasteiger partial charge in [-0.2, -0.15) is 5.10 Å². The maximum atomic E-state index is 12.3. The number of aromatic nitrogens is 3. The van der Waals surface area contributed by atoms with E-state index in [1.807, 2.05) is 12.1 Å². The van der Waals surface area contributed by atoms with E-state index < -0.39 is 0 Å². The minimum atomic E-state index is -0.108. The van der Waals surface area contributed by atoms with Crippen molar-refractivity contribution in [2.24, 2.45) is 0 Å². The number of amides is 1. The molecule has 1 aromatic carbocycles. The summed E-state index contributed by atoms with van der Waals surface area (Å²) < 4.78 is 0. The summed E-state index contributed by atoms with van der Waals surface area (Å²) in [5.74, 6) is 0.101. The number of carbonyl (C=O) groups is 1. The lowest BCUT2D eigenvalue weighted by Gasteiger charge is -2.16. The molecular weight excluding hydrogens is 284 g/mol. The van der Waals surface area contributed by atoms with Crippen LogP contribution in [0.5, 0.6) is 0 Å². The Morgan fingerprint density at radius 3 is 2.84 bits per heavy atom. The molecule has 5 nitrogen and oxygen atoms in total. The minimum absolute atomic E-state index is 0.101. The molecule has 0 spiro atoms. The lowest BCUT2D eigenvalue weighted by atomic mass is 10.3. The zero-order valence-corrected chi connectivity index (χ0v) is 11.5. The van der Waals surface area contributed by atoms with Crippen LogP contribution < -0.4 is 4.90 Å². The summed E-state index contributed by atoms with van der Waals surface area (Å²) in [7, 11) is 0. The van der Waals surface area contributed by atoms with Crippen LogP contribution in [0.2, 0.25) is 5.02 Å². The zero-order chi connectivity index (χ0) is 13.2. The van der Waals surface area contributed by atoms with Crippen LogP contribution in [0.15, 0.2) is 35.7 Å². The Kier molecular flexibility index (Phi) is 3.44. The number of carbonyl (C=O) groups excluding carboxylic acids is 1. The molecule has 7 heteroatoms. The predicted octanol–water partition coefficient (Wildman–Crippen LogP) is 2.36. The normalized spacial score (nSPS) is 19.1. The van der Waals surface area contributed by atoms with Gasteiger partial charge in [0.1, 0.15) is 6.33 Å². The molecule has 98 valence electrons. The van der Waals surface area contributed by atoms with E-state index in [2.05, 4.69) is 15.2 Å². The van der Waals surface area contributed by atoms with Crippen molar-refractivity contribution in [3.63, 3.8) is 0 Å². The maximum absolute atomic E-state index is 12.3. The maximum Gasteiger partial charge on any atom is 0.240 e. The van der Waals surface area contributed by atoms with Crippen molar-refractivity contribution in [1.82, 2.24) is 15.2 Å². The highest BCUT2D eigenvalue weighted by Gasteiger charge is 2.33. The molecule has 0 aliphatic carbocycles. The molecular formula is C12H11ClN4OS. The third-order valence-corrected chi connectivity index (χ3v) is 4.34. The van der Waals surface area contributed by atoms with Crippen molar-refractivity contribution >= 4 is 35.0 Å². The quantitative estimate of drug-likeness (QED) is 0.944.